The summed E-state index contributed by atoms with van der Waals surface area (Å²) in [7, 11) is -4.32. The first-order valence-corrected chi connectivity index (χ1v) is 8.23. The third-order valence-electron chi connectivity index (χ3n) is 2.83. The van der Waals surface area contributed by atoms with Crippen molar-refractivity contribution in [3.05, 3.63) is 58.9 Å². The normalized spacial score (nSPS) is 12.2. The largest absolute Gasteiger partial charge is 0.573 e. The van der Waals surface area contributed by atoms with E-state index < -0.39 is 32.8 Å². The summed E-state index contributed by atoms with van der Waals surface area (Å²) in [6.45, 7) is -0.332. The standard InChI is InChI=1S/C14H10ClF4NO3S/c15-11-7-10(16)6-5-9(11)8-20-24(21,22)13-4-2-1-3-12(13)23-14(17,18)19/h1-7,20H,8H2. The van der Waals surface area contributed by atoms with Gasteiger partial charge in [-0.1, -0.05) is 29.8 Å². The molecular weight excluding hydrogens is 374 g/mol. The van der Waals surface area contributed by atoms with Crippen molar-refractivity contribution in [2.24, 2.45) is 0 Å². The highest BCUT2D eigenvalue weighted by molar-refractivity contribution is 7.89. The lowest BCUT2D eigenvalue weighted by atomic mass is 10.2. The zero-order valence-corrected chi connectivity index (χ0v) is 13.3. The molecule has 0 aliphatic rings. The van der Waals surface area contributed by atoms with Gasteiger partial charge in [-0.15, -0.1) is 13.2 Å². The van der Waals surface area contributed by atoms with E-state index in [9.17, 15) is 26.0 Å². The molecular formula is C14H10ClF4NO3S. The van der Waals surface area contributed by atoms with Crippen LogP contribution in [-0.4, -0.2) is 14.8 Å². The Morgan fingerprint density at radius 3 is 2.42 bits per heavy atom. The average molecular weight is 384 g/mol. The van der Waals surface area contributed by atoms with Crippen LogP contribution in [0.2, 0.25) is 5.02 Å². The van der Waals surface area contributed by atoms with Crippen LogP contribution in [0.3, 0.4) is 0 Å². The molecule has 2 aromatic carbocycles. The Balaban J connectivity index is 2.25. The Morgan fingerprint density at radius 1 is 1.12 bits per heavy atom. The number of hydrogen-bond acceptors (Lipinski definition) is 3. The SMILES string of the molecule is O=S(=O)(NCc1ccc(F)cc1Cl)c1ccccc1OC(F)(F)F. The summed E-state index contributed by atoms with van der Waals surface area (Å²) < 4.78 is 80.3. The number of benzene rings is 2. The van der Waals surface area contributed by atoms with Gasteiger partial charge in [0.1, 0.15) is 16.5 Å². The molecule has 0 aromatic heterocycles. The molecule has 0 atom stereocenters. The predicted octanol–water partition coefficient (Wildman–Crippen LogP) is 3.86. The van der Waals surface area contributed by atoms with Crippen molar-refractivity contribution in [2.75, 3.05) is 0 Å². The maximum absolute atomic E-state index is 13.0. The first-order chi connectivity index (χ1) is 11.1. The maximum atomic E-state index is 13.0. The van der Waals surface area contributed by atoms with Crippen molar-refractivity contribution >= 4 is 21.6 Å². The van der Waals surface area contributed by atoms with Crippen molar-refractivity contribution in [3.8, 4) is 5.75 Å². The summed E-state index contributed by atoms with van der Waals surface area (Å²) in [6, 6.07) is 7.64. The fraction of sp³-hybridized carbons (Fsp3) is 0.143. The van der Waals surface area contributed by atoms with Crippen molar-refractivity contribution in [1.82, 2.24) is 4.72 Å². The van der Waals surface area contributed by atoms with E-state index >= 15 is 0 Å². The molecule has 0 aliphatic carbocycles. The van der Waals surface area contributed by atoms with Crippen LogP contribution >= 0.6 is 11.6 Å². The monoisotopic (exact) mass is 383 g/mol. The van der Waals surface area contributed by atoms with Crippen LogP contribution < -0.4 is 9.46 Å². The summed E-state index contributed by atoms with van der Waals surface area (Å²) in [4.78, 5) is -0.680. The molecule has 0 spiro atoms. The molecule has 1 N–H and O–H groups in total. The Kier molecular flexibility index (Phi) is 5.36. The average Bonchev–Trinajstić information content (AvgIpc) is 2.45. The van der Waals surface area contributed by atoms with Gasteiger partial charge in [0.25, 0.3) is 0 Å². The molecule has 0 heterocycles. The van der Waals surface area contributed by atoms with Gasteiger partial charge < -0.3 is 4.74 Å². The van der Waals surface area contributed by atoms with Crippen molar-refractivity contribution in [1.29, 1.82) is 0 Å². The van der Waals surface area contributed by atoms with Crippen molar-refractivity contribution in [3.63, 3.8) is 0 Å². The molecule has 0 unspecified atom stereocenters. The van der Waals surface area contributed by atoms with Crippen LogP contribution in [0.1, 0.15) is 5.56 Å². The van der Waals surface area contributed by atoms with Crippen molar-refractivity contribution in [2.45, 2.75) is 17.8 Å². The predicted molar refractivity (Wildman–Crippen MR) is 78.6 cm³/mol. The van der Waals surface area contributed by atoms with Gasteiger partial charge in [-0.3, -0.25) is 0 Å². The molecule has 0 amide bonds. The third kappa shape index (κ3) is 4.83. The van der Waals surface area contributed by atoms with Crippen LogP contribution in [-0.2, 0) is 16.6 Å². The number of para-hydroxylation sites is 1. The van der Waals surface area contributed by atoms with Crippen LogP contribution in [0, 0.1) is 5.82 Å². The summed E-state index contributed by atoms with van der Waals surface area (Å²) in [5.74, 6) is -1.46. The number of hydrogen-bond donors (Lipinski definition) is 1. The minimum Gasteiger partial charge on any atom is -0.404 e. The number of halogens is 5. The lowest BCUT2D eigenvalue weighted by Crippen LogP contribution is -2.25. The van der Waals surface area contributed by atoms with E-state index in [1.54, 1.807) is 0 Å². The van der Waals surface area contributed by atoms with E-state index in [-0.39, 0.29) is 17.1 Å². The van der Waals surface area contributed by atoms with E-state index in [2.05, 4.69) is 9.46 Å². The van der Waals surface area contributed by atoms with Crippen molar-refractivity contribution < 1.29 is 30.7 Å². The molecule has 0 saturated heterocycles. The second-order valence-electron chi connectivity index (χ2n) is 4.55. The van der Waals surface area contributed by atoms with Crippen LogP contribution in [0.25, 0.3) is 0 Å². The van der Waals surface area contributed by atoms with Gasteiger partial charge in [-0.25, -0.2) is 17.5 Å². The summed E-state index contributed by atoms with van der Waals surface area (Å²) in [6.07, 6.45) is -5.04. The molecule has 24 heavy (non-hydrogen) atoms. The number of sulfonamides is 1. The number of alkyl halides is 3. The first-order valence-electron chi connectivity index (χ1n) is 6.37. The Bertz CT molecular complexity index is 840. The number of ether oxygens (including phenoxy) is 1. The molecule has 0 fully saturated rings. The van der Waals surface area contributed by atoms with E-state index in [0.29, 0.717) is 0 Å². The van der Waals surface area contributed by atoms with Gasteiger partial charge in [0.15, 0.2) is 0 Å². The van der Waals surface area contributed by atoms with E-state index in [1.165, 1.54) is 18.2 Å². The lowest BCUT2D eigenvalue weighted by Gasteiger charge is -2.14. The van der Waals surface area contributed by atoms with Gasteiger partial charge in [-0.05, 0) is 29.8 Å². The van der Waals surface area contributed by atoms with Gasteiger partial charge in [0.2, 0.25) is 10.0 Å². The summed E-state index contributed by atoms with van der Waals surface area (Å²) in [5.41, 5.74) is 0.260. The quantitative estimate of drug-likeness (QED) is 0.798. The molecule has 0 saturated carbocycles. The maximum Gasteiger partial charge on any atom is 0.573 e. The lowest BCUT2D eigenvalue weighted by molar-refractivity contribution is -0.275. The van der Waals surface area contributed by atoms with E-state index in [0.717, 1.165) is 24.3 Å². The molecule has 4 nitrogen and oxygen atoms in total. The fourth-order valence-corrected chi connectivity index (χ4v) is 3.16. The Hall–Kier alpha value is -1.84. The number of rotatable bonds is 5. The molecule has 0 bridgehead atoms. The molecule has 2 aromatic rings. The van der Waals surface area contributed by atoms with Crippen LogP contribution in [0.4, 0.5) is 17.6 Å². The summed E-state index contributed by atoms with van der Waals surface area (Å²) >= 11 is 5.77. The molecule has 0 aliphatic heterocycles. The van der Waals surface area contributed by atoms with Gasteiger partial charge in [0, 0.05) is 11.6 Å². The second-order valence-corrected chi connectivity index (χ2v) is 6.70. The molecule has 2 rings (SSSR count). The molecule has 0 radical (unpaired) electrons. The highest BCUT2D eigenvalue weighted by Crippen LogP contribution is 2.29. The molecule has 10 heteroatoms. The zero-order valence-electron chi connectivity index (χ0n) is 11.8. The molecule has 130 valence electrons. The third-order valence-corrected chi connectivity index (χ3v) is 4.62. The second kappa shape index (κ2) is 6.96. The topological polar surface area (TPSA) is 55.4 Å². The fourth-order valence-electron chi connectivity index (χ4n) is 1.80. The Labute approximate surface area is 140 Å². The highest BCUT2D eigenvalue weighted by Gasteiger charge is 2.33. The van der Waals surface area contributed by atoms with E-state index in [4.69, 9.17) is 11.6 Å². The van der Waals surface area contributed by atoms with Gasteiger partial charge in [-0.2, -0.15) is 0 Å². The number of nitrogens with one attached hydrogen (secondary N) is 1. The van der Waals surface area contributed by atoms with E-state index in [1.807, 2.05) is 0 Å². The smallest absolute Gasteiger partial charge is 0.404 e. The Morgan fingerprint density at radius 2 is 1.79 bits per heavy atom. The minimum atomic E-state index is -5.04. The first kappa shape index (κ1) is 18.5. The van der Waals surface area contributed by atoms with Crippen LogP contribution in [0.15, 0.2) is 47.4 Å². The van der Waals surface area contributed by atoms with Gasteiger partial charge in [0.05, 0.1) is 0 Å². The van der Waals surface area contributed by atoms with Gasteiger partial charge >= 0.3 is 6.36 Å². The van der Waals surface area contributed by atoms with Crippen LogP contribution in [0.5, 0.6) is 5.75 Å². The zero-order chi connectivity index (χ0) is 18.0. The highest BCUT2D eigenvalue weighted by atomic mass is 35.5. The summed E-state index contributed by atoms with van der Waals surface area (Å²) in [5, 5.41) is -0.0162. The minimum absolute atomic E-state index is 0.0162.